The summed E-state index contributed by atoms with van der Waals surface area (Å²) in [4.78, 5) is 7.07. The summed E-state index contributed by atoms with van der Waals surface area (Å²) in [5, 5.41) is 6.73. The number of hydrogen-bond donors (Lipinski definition) is 2. The molecule has 1 aliphatic rings. The van der Waals surface area contributed by atoms with Crippen LogP contribution in [0, 0.1) is 5.92 Å². The average molecular weight is 442 g/mol. The fourth-order valence-electron chi connectivity index (χ4n) is 2.53. The third-order valence-corrected chi connectivity index (χ3v) is 3.87. The highest BCUT2D eigenvalue weighted by molar-refractivity contribution is 14.0. The minimum absolute atomic E-state index is 0. The summed E-state index contributed by atoms with van der Waals surface area (Å²) in [5.74, 6) is 1.61. The minimum atomic E-state index is 0. The fourth-order valence-corrected chi connectivity index (χ4v) is 2.53. The van der Waals surface area contributed by atoms with Gasteiger partial charge in [-0.3, -0.25) is 0 Å². The van der Waals surface area contributed by atoms with E-state index in [0.717, 1.165) is 38.6 Å². The first-order chi connectivity index (χ1) is 11.2. The molecule has 0 aliphatic carbocycles. The van der Waals surface area contributed by atoms with E-state index in [1.165, 1.54) is 11.3 Å². The highest BCUT2D eigenvalue weighted by atomic mass is 127. The van der Waals surface area contributed by atoms with Crippen LogP contribution in [0.25, 0.3) is 0 Å². The molecule has 0 saturated heterocycles. The molecule has 0 aromatic heterocycles. The summed E-state index contributed by atoms with van der Waals surface area (Å²) in [6.45, 7) is 11.1. The normalized spacial score (nSPS) is 14.0. The highest BCUT2D eigenvalue weighted by Gasteiger charge is 2.07. The third-order valence-electron chi connectivity index (χ3n) is 3.87. The SMILES string of the molecule is CCNC(=NCc1cccc(N2CC=CC2)c1)NCCC(C)C.I. The molecule has 1 aliphatic heterocycles. The van der Waals surface area contributed by atoms with E-state index in [-0.39, 0.29) is 24.0 Å². The van der Waals surface area contributed by atoms with Crippen LogP contribution in [0.4, 0.5) is 5.69 Å². The average Bonchev–Trinajstić information content (AvgIpc) is 3.07. The quantitative estimate of drug-likeness (QED) is 0.292. The van der Waals surface area contributed by atoms with Gasteiger partial charge in [0.2, 0.25) is 0 Å². The molecule has 2 rings (SSSR count). The number of nitrogens with zero attached hydrogens (tertiary/aromatic N) is 2. The number of benzene rings is 1. The second kappa shape index (κ2) is 11.3. The summed E-state index contributed by atoms with van der Waals surface area (Å²) >= 11 is 0. The van der Waals surface area contributed by atoms with Gasteiger partial charge in [-0.25, -0.2) is 4.99 Å². The second-order valence-corrected chi connectivity index (χ2v) is 6.35. The zero-order valence-corrected chi connectivity index (χ0v) is 17.4. The van der Waals surface area contributed by atoms with E-state index >= 15 is 0 Å². The van der Waals surface area contributed by atoms with Crippen LogP contribution in [-0.4, -0.2) is 32.1 Å². The van der Waals surface area contributed by atoms with Crippen molar-refractivity contribution in [3.05, 3.63) is 42.0 Å². The van der Waals surface area contributed by atoms with Crippen LogP contribution in [0.3, 0.4) is 0 Å². The van der Waals surface area contributed by atoms with Crippen molar-refractivity contribution in [1.29, 1.82) is 0 Å². The first-order valence-electron chi connectivity index (χ1n) is 8.70. The van der Waals surface area contributed by atoms with Crippen LogP contribution >= 0.6 is 24.0 Å². The lowest BCUT2D eigenvalue weighted by molar-refractivity contribution is 0.573. The number of anilines is 1. The van der Waals surface area contributed by atoms with Gasteiger partial charge in [0, 0.05) is 31.9 Å². The maximum absolute atomic E-state index is 4.71. The summed E-state index contributed by atoms with van der Waals surface area (Å²) in [7, 11) is 0. The molecule has 0 unspecified atom stereocenters. The van der Waals surface area contributed by atoms with Gasteiger partial charge in [-0.1, -0.05) is 38.1 Å². The third kappa shape index (κ3) is 7.11. The Hall–Kier alpha value is -1.24. The van der Waals surface area contributed by atoms with Crippen LogP contribution in [0.15, 0.2) is 41.4 Å². The van der Waals surface area contributed by atoms with Crippen molar-refractivity contribution in [3.8, 4) is 0 Å². The van der Waals surface area contributed by atoms with Gasteiger partial charge in [-0.15, -0.1) is 24.0 Å². The van der Waals surface area contributed by atoms with Crippen molar-refractivity contribution < 1.29 is 0 Å². The van der Waals surface area contributed by atoms with Crippen LogP contribution in [0.1, 0.15) is 32.8 Å². The lowest BCUT2D eigenvalue weighted by atomic mass is 10.1. The van der Waals surface area contributed by atoms with Gasteiger partial charge in [0.1, 0.15) is 0 Å². The fraction of sp³-hybridized carbons (Fsp3) is 0.526. The molecule has 0 fully saturated rings. The smallest absolute Gasteiger partial charge is 0.191 e. The summed E-state index contributed by atoms with van der Waals surface area (Å²) in [5.41, 5.74) is 2.52. The second-order valence-electron chi connectivity index (χ2n) is 6.35. The number of halogens is 1. The molecule has 1 aromatic rings. The largest absolute Gasteiger partial charge is 0.364 e. The minimum Gasteiger partial charge on any atom is -0.364 e. The van der Waals surface area contributed by atoms with E-state index in [2.05, 4.69) is 72.7 Å². The summed E-state index contributed by atoms with van der Waals surface area (Å²) < 4.78 is 0. The Bertz CT molecular complexity index is 532. The Balaban J connectivity index is 0.00000288. The van der Waals surface area contributed by atoms with Gasteiger partial charge in [-0.05, 0) is 37.0 Å². The molecule has 1 heterocycles. The Morgan fingerprint density at radius 2 is 1.96 bits per heavy atom. The van der Waals surface area contributed by atoms with Crippen molar-refractivity contribution in [2.75, 3.05) is 31.1 Å². The Labute approximate surface area is 163 Å². The summed E-state index contributed by atoms with van der Waals surface area (Å²) in [6, 6.07) is 8.69. The number of rotatable bonds is 7. The zero-order chi connectivity index (χ0) is 16.5. The van der Waals surface area contributed by atoms with Crippen LogP contribution in [-0.2, 0) is 6.54 Å². The summed E-state index contributed by atoms with van der Waals surface area (Å²) in [6.07, 6.45) is 5.58. The molecule has 0 saturated carbocycles. The molecule has 0 atom stereocenters. The van der Waals surface area contributed by atoms with Gasteiger partial charge >= 0.3 is 0 Å². The van der Waals surface area contributed by atoms with Gasteiger partial charge in [0.05, 0.1) is 6.54 Å². The van der Waals surface area contributed by atoms with E-state index in [0.29, 0.717) is 12.5 Å². The number of aliphatic imine (C=N–C) groups is 1. The monoisotopic (exact) mass is 442 g/mol. The molecule has 0 bridgehead atoms. The van der Waals surface area contributed by atoms with Crippen LogP contribution < -0.4 is 15.5 Å². The molecular weight excluding hydrogens is 411 g/mol. The number of nitrogens with one attached hydrogen (secondary N) is 2. The van der Waals surface area contributed by atoms with Gasteiger partial charge in [0.25, 0.3) is 0 Å². The first-order valence-corrected chi connectivity index (χ1v) is 8.70. The standard InChI is InChI=1S/C19H30N4.HI/c1-4-20-19(21-11-10-16(2)3)22-15-17-8-7-9-18(14-17)23-12-5-6-13-23;/h5-9,14,16H,4,10-13,15H2,1-3H3,(H2,20,21,22);1H. The topological polar surface area (TPSA) is 39.7 Å². The van der Waals surface area contributed by atoms with E-state index in [4.69, 9.17) is 4.99 Å². The maximum Gasteiger partial charge on any atom is 0.191 e. The van der Waals surface area contributed by atoms with E-state index in [1.54, 1.807) is 0 Å². The molecule has 1 aromatic carbocycles. The highest BCUT2D eigenvalue weighted by Crippen LogP contribution is 2.18. The van der Waals surface area contributed by atoms with Crippen molar-refractivity contribution in [1.82, 2.24) is 10.6 Å². The Kier molecular flexibility index (Phi) is 9.83. The molecule has 0 amide bonds. The van der Waals surface area contributed by atoms with Crippen molar-refractivity contribution >= 4 is 35.6 Å². The molecule has 24 heavy (non-hydrogen) atoms. The molecule has 2 N–H and O–H groups in total. The number of hydrogen-bond acceptors (Lipinski definition) is 2. The molecular formula is C19H31IN4. The lowest BCUT2D eigenvalue weighted by Gasteiger charge is -2.18. The van der Waals surface area contributed by atoms with Crippen LogP contribution in [0.5, 0.6) is 0 Å². The Morgan fingerprint density at radius 1 is 1.21 bits per heavy atom. The molecule has 4 nitrogen and oxygen atoms in total. The first kappa shape index (κ1) is 20.8. The van der Waals surface area contributed by atoms with E-state index in [1.807, 2.05) is 0 Å². The van der Waals surface area contributed by atoms with Crippen LogP contribution in [0.2, 0.25) is 0 Å². The molecule has 134 valence electrons. The zero-order valence-electron chi connectivity index (χ0n) is 15.1. The van der Waals surface area contributed by atoms with Crippen molar-refractivity contribution in [2.45, 2.75) is 33.7 Å². The lowest BCUT2D eigenvalue weighted by Crippen LogP contribution is -2.38. The maximum atomic E-state index is 4.71. The van der Waals surface area contributed by atoms with E-state index < -0.39 is 0 Å². The molecule has 0 radical (unpaired) electrons. The van der Waals surface area contributed by atoms with Gasteiger partial charge in [-0.2, -0.15) is 0 Å². The predicted molar refractivity (Wildman–Crippen MR) is 115 cm³/mol. The van der Waals surface area contributed by atoms with Gasteiger partial charge in [0.15, 0.2) is 5.96 Å². The van der Waals surface area contributed by atoms with Crippen molar-refractivity contribution in [2.24, 2.45) is 10.9 Å². The number of guanidine groups is 1. The van der Waals surface area contributed by atoms with Crippen molar-refractivity contribution in [3.63, 3.8) is 0 Å². The molecule has 0 spiro atoms. The van der Waals surface area contributed by atoms with Gasteiger partial charge < -0.3 is 15.5 Å². The Morgan fingerprint density at radius 3 is 2.62 bits per heavy atom. The predicted octanol–water partition coefficient (Wildman–Crippen LogP) is 3.78. The van der Waals surface area contributed by atoms with E-state index in [9.17, 15) is 0 Å². The molecule has 5 heteroatoms.